The van der Waals surface area contributed by atoms with Gasteiger partial charge in [0.05, 0.1) is 23.1 Å². The van der Waals surface area contributed by atoms with Crippen LogP contribution in [0.5, 0.6) is 5.75 Å². The number of hydrogen-bond acceptors (Lipinski definition) is 5. The number of aliphatic imine (C=N–C) groups is 1. The van der Waals surface area contributed by atoms with Crippen molar-refractivity contribution in [3.63, 3.8) is 0 Å². The van der Waals surface area contributed by atoms with Gasteiger partial charge in [0.15, 0.2) is 0 Å². The number of nitrogens with zero attached hydrogens (tertiary/aromatic N) is 3. The topological polar surface area (TPSA) is 66.3 Å². The zero-order valence-electron chi connectivity index (χ0n) is 17.8. The lowest BCUT2D eigenvalue weighted by atomic mass is 9.95. The average Bonchev–Trinajstić information content (AvgIpc) is 2.79. The molecule has 2 aromatic rings. The SMILES string of the molecule is CCC1SC(=O)NN=C1c1ccc2c(c1)CCCN2C(=NC)c1ccc(OC)c(Cl)c1. The average molecular weight is 457 g/mol. The number of ether oxygens (including phenoxy) is 1. The fourth-order valence-electron chi connectivity index (χ4n) is 4.10. The minimum atomic E-state index is -0.0957. The third kappa shape index (κ3) is 4.29. The summed E-state index contributed by atoms with van der Waals surface area (Å²) < 4.78 is 5.29. The van der Waals surface area contributed by atoms with Crippen molar-refractivity contribution in [3.05, 3.63) is 58.1 Å². The van der Waals surface area contributed by atoms with Crippen molar-refractivity contribution in [2.24, 2.45) is 10.1 Å². The second-order valence-corrected chi connectivity index (χ2v) is 8.99. The van der Waals surface area contributed by atoms with Crippen LogP contribution in [-0.2, 0) is 6.42 Å². The van der Waals surface area contributed by atoms with Crippen molar-refractivity contribution in [3.8, 4) is 5.75 Å². The summed E-state index contributed by atoms with van der Waals surface area (Å²) in [5, 5.41) is 4.90. The number of amides is 1. The van der Waals surface area contributed by atoms with Crippen molar-refractivity contribution in [2.75, 3.05) is 25.6 Å². The molecule has 2 aliphatic rings. The minimum absolute atomic E-state index is 0.0701. The molecule has 0 bridgehead atoms. The van der Waals surface area contributed by atoms with E-state index in [9.17, 15) is 4.79 Å². The molecule has 4 rings (SSSR count). The fourth-order valence-corrected chi connectivity index (χ4v) is 5.19. The smallest absolute Gasteiger partial charge is 0.299 e. The molecule has 31 heavy (non-hydrogen) atoms. The first-order valence-electron chi connectivity index (χ1n) is 10.3. The predicted octanol–water partition coefficient (Wildman–Crippen LogP) is 5.12. The molecule has 0 aliphatic carbocycles. The number of fused-ring (bicyclic) bond motifs is 1. The summed E-state index contributed by atoms with van der Waals surface area (Å²) in [7, 11) is 3.41. The monoisotopic (exact) mass is 456 g/mol. The van der Waals surface area contributed by atoms with E-state index in [1.54, 1.807) is 14.2 Å². The number of amidine groups is 1. The first kappa shape index (κ1) is 21.7. The van der Waals surface area contributed by atoms with Crippen LogP contribution in [0.15, 0.2) is 46.5 Å². The van der Waals surface area contributed by atoms with Crippen LogP contribution >= 0.6 is 23.4 Å². The zero-order valence-corrected chi connectivity index (χ0v) is 19.4. The zero-order chi connectivity index (χ0) is 22.0. The second kappa shape index (κ2) is 9.32. The maximum Gasteiger partial charge on any atom is 0.299 e. The molecule has 0 fully saturated rings. The van der Waals surface area contributed by atoms with Gasteiger partial charge >= 0.3 is 0 Å². The van der Waals surface area contributed by atoms with Gasteiger partial charge < -0.3 is 9.64 Å². The molecule has 1 unspecified atom stereocenters. The molecular weight excluding hydrogens is 432 g/mol. The molecule has 6 nitrogen and oxygen atoms in total. The van der Waals surface area contributed by atoms with Crippen LogP contribution in [0.25, 0.3) is 0 Å². The van der Waals surface area contributed by atoms with Crippen molar-refractivity contribution in [1.29, 1.82) is 0 Å². The summed E-state index contributed by atoms with van der Waals surface area (Å²) in [4.78, 5) is 18.5. The van der Waals surface area contributed by atoms with Gasteiger partial charge in [-0.15, -0.1) is 0 Å². The number of nitrogens with one attached hydrogen (secondary N) is 1. The third-order valence-electron chi connectivity index (χ3n) is 5.56. The number of benzene rings is 2. The van der Waals surface area contributed by atoms with Gasteiger partial charge in [0.25, 0.3) is 5.24 Å². The minimum Gasteiger partial charge on any atom is -0.495 e. The lowest BCUT2D eigenvalue weighted by molar-refractivity contribution is 0.260. The van der Waals surface area contributed by atoms with E-state index in [0.29, 0.717) is 10.8 Å². The lowest BCUT2D eigenvalue weighted by Gasteiger charge is -2.33. The van der Waals surface area contributed by atoms with Gasteiger partial charge in [0.1, 0.15) is 11.6 Å². The summed E-state index contributed by atoms with van der Waals surface area (Å²) in [5.74, 6) is 1.52. The first-order valence-corrected chi connectivity index (χ1v) is 11.6. The highest BCUT2D eigenvalue weighted by molar-refractivity contribution is 8.14. The molecule has 0 saturated carbocycles. The van der Waals surface area contributed by atoms with Crippen LogP contribution < -0.4 is 15.1 Å². The Morgan fingerprint density at radius 1 is 1.35 bits per heavy atom. The molecule has 1 amide bonds. The number of thioether (sulfide) groups is 1. The molecule has 8 heteroatoms. The molecular formula is C23H25ClN4O2S. The Hall–Kier alpha value is -2.51. The number of rotatable bonds is 4. The van der Waals surface area contributed by atoms with Crippen molar-refractivity contribution in [2.45, 2.75) is 31.4 Å². The lowest BCUT2D eigenvalue weighted by Crippen LogP contribution is -2.36. The van der Waals surface area contributed by atoms with Crippen LogP contribution in [0.2, 0.25) is 5.02 Å². The van der Waals surface area contributed by atoms with Crippen molar-refractivity contribution >= 4 is 45.8 Å². The van der Waals surface area contributed by atoms with E-state index in [4.69, 9.17) is 16.3 Å². The number of anilines is 1. The van der Waals surface area contributed by atoms with E-state index in [0.717, 1.165) is 54.2 Å². The summed E-state index contributed by atoms with van der Waals surface area (Å²) in [6.07, 6.45) is 2.86. The number of methoxy groups -OCH3 is 1. The molecule has 2 aromatic carbocycles. The quantitative estimate of drug-likeness (QED) is 0.512. The highest BCUT2D eigenvalue weighted by Gasteiger charge is 2.27. The third-order valence-corrected chi connectivity index (χ3v) is 7.01. The van der Waals surface area contributed by atoms with E-state index in [1.165, 1.54) is 17.3 Å². The van der Waals surface area contributed by atoms with Crippen LogP contribution in [-0.4, -0.2) is 42.7 Å². The molecule has 2 heterocycles. The molecule has 0 aromatic heterocycles. The molecule has 1 N–H and O–H groups in total. The molecule has 0 radical (unpaired) electrons. The number of carbonyl (C=O) groups is 1. The van der Waals surface area contributed by atoms with Gasteiger partial charge in [-0.2, -0.15) is 5.10 Å². The molecule has 2 aliphatic heterocycles. The van der Waals surface area contributed by atoms with Crippen LogP contribution in [0.4, 0.5) is 10.5 Å². The number of carbonyl (C=O) groups excluding carboxylic acids is 1. The summed E-state index contributed by atoms with van der Waals surface area (Å²) in [6.45, 7) is 2.96. The van der Waals surface area contributed by atoms with Gasteiger partial charge in [0, 0.05) is 24.8 Å². The fraction of sp³-hybridized carbons (Fsp3) is 0.348. The van der Waals surface area contributed by atoms with Gasteiger partial charge in [-0.05, 0) is 60.7 Å². The van der Waals surface area contributed by atoms with Gasteiger partial charge in [-0.3, -0.25) is 9.79 Å². The number of aryl methyl sites for hydroxylation is 1. The summed E-state index contributed by atoms with van der Waals surface area (Å²) >= 11 is 7.67. The van der Waals surface area contributed by atoms with Gasteiger partial charge in [0.2, 0.25) is 0 Å². The van der Waals surface area contributed by atoms with E-state index in [-0.39, 0.29) is 10.5 Å². The Kier molecular flexibility index (Phi) is 6.53. The normalized spacial score (nSPS) is 18.9. The Morgan fingerprint density at radius 2 is 2.19 bits per heavy atom. The van der Waals surface area contributed by atoms with Crippen LogP contribution in [0, 0.1) is 0 Å². The Morgan fingerprint density at radius 3 is 2.90 bits per heavy atom. The molecule has 162 valence electrons. The van der Waals surface area contributed by atoms with E-state index >= 15 is 0 Å². The van der Waals surface area contributed by atoms with E-state index < -0.39 is 0 Å². The highest BCUT2D eigenvalue weighted by atomic mass is 35.5. The maximum absolute atomic E-state index is 11.7. The molecule has 1 atom stereocenters. The molecule has 0 spiro atoms. The summed E-state index contributed by atoms with van der Waals surface area (Å²) in [5.41, 5.74) is 7.94. The number of halogens is 1. The van der Waals surface area contributed by atoms with E-state index in [2.05, 4.69) is 45.5 Å². The summed E-state index contributed by atoms with van der Waals surface area (Å²) in [6, 6.07) is 12.2. The highest BCUT2D eigenvalue weighted by Crippen LogP contribution is 2.33. The largest absolute Gasteiger partial charge is 0.495 e. The Labute approximate surface area is 191 Å². The Balaban J connectivity index is 1.68. The van der Waals surface area contributed by atoms with Gasteiger partial charge in [-0.1, -0.05) is 36.4 Å². The maximum atomic E-state index is 11.7. The number of hydrogen-bond donors (Lipinski definition) is 1. The van der Waals surface area contributed by atoms with Crippen molar-refractivity contribution < 1.29 is 9.53 Å². The first-order chi connectivity index (χ1) is 15.0. The van der Waals surface area contributed by atoms with Crippen LogP contribution in [0.3, 0.4) is 0 Å². The van der Waals surface area contributed by atoms with Crippen molar-refractivity contribution in [1.82, 2.24) is 5.43 Å². The second-order valence-electron chi connectivity index (χ2n) is 7.41. The Bertz CT molecular complexity index is 1070. The van der Waals surface area contributed by atoms with Gasteiger partial charge in [-0.25, -0.2) is 5.43 Å². The standard InChI is InChI=1S/C23H25ClN4O2S/c1-4-20-21(26-27-23(29)31-20)15-7-9-18-14(12-15)6-5-11-28(18)22(25-2)16-8-10-19(30-3)17(24)13-16/h7-10,12-13,20H,4-6,11H2,1-3H3,(H,27,29). The van der Waals surface area contributed by atoms with Crippen LogP contribution in [0.1, 0.15) is 36.5 Å². The van der Waals surface area contributed by atoms with E-state index in [1.807, 2.05) is 18.2 Å². The molecule has 0 saturated heterocycles. The number of hydrazone groups is 1. The predicted molar refractivity (Wildman–Crippen MR) is 129 cm³/mol.